The van der Waals surface area contributed by atoms with Crippen molar-refractivity contribution in [3.8, 4) is 0 Å². The van der Waals surface area contributed by atoms with Gasteiger partial charge in [-0.25, -0.2) is 4.98 Å². The SMILES string of the molecule is Cc1cc2c(cn1)ncn2CC(C)C. The Morgan fingerprint density at radius 1 is 1.36 bits per heavy atom. The first-order valence-corrected chi connectivity index (χ1v) is 4.94. The van der Waals surface area contributed by atoms with Gasteiger partial charge in [0, 0.05) is 12.2 Å². The molecule has 3 nitrogen and oxygen atoms in total. The van der Waals surface area contributed by atoms with E-state index in [1.165, 1.54) is 5.52 Å². The standard InChI is InChI=1S/C11H15N3/c1-8(2)6-14-7-13-10-5-12-9(3)4-11(10)14/h4-5,7-8H,6H2,1-3H3. The number of hydrogen-bond acceptors (Lipinski definition) is 2. The molecule has 2 rings (SSSR count). The van der Waals surface area contributed by atoms with Crippen LogP contribution in [-0.4, -0.2) is 14.5 Å². The lowest BCUT2D eigenvalue weighted by molar-refractivity contribution is 0.532. The summed E-state index contributed by atoms with van der Waals surface area (Å²) in [5, 5.41) is 0. The lowest BCUT2D eigenvalue weighted by atomic mass is 10.2. The van der Waals surface area contributed by atoms with Gasteiger partial charge in [-0.15, -0.1) is 0 Å². The summed E-state index contributed by atoms with van der Waals surface area (Å²) in [6.07, 6.45) is 3.73. The van der Waals surface area contributed by atoms with Crippen LogP contribution in [0.1, 0.15) is 19.5 Å². The van der Waals surface area contributed by atoms with Crippen molar-refractivity contribution in [2.75, 3.05) is 0 Å². The smallest absolute Gasteiger partial charge is 0.107 e. The summed E-state index contributed by atoms with van der Waals surface area (Å²) in [6.45, 7) is 7.44. The van der Waals surface area contributed by atoms with Gasteiger partial charge < -0.3 is 4.57 Å². The van der Waals surface area contributed by atoms with Crippen LogP contribution in [0.15, 0.2) is 18.6 Å². The lowest BCUT2D eigenvalue weighted by Crippen LogP contribution is -2.02. The van der Waals surface area contributed by atoms with Crippen molar-refractivity contribution in [1.82, 2.24) is 14.5 Å². The maximum absolute atomic E-state index is 4.31. The van der Waals surface area contributed by atoms with Crippen LogP contribution in [0.4, 0.5) is 0 Å². The molecule has 0 spiro atoms. The maximum Gasteiger partial charge on any atom is 0.107 e. The van der Waals surface area contributed by atoms with Crippen LogP contribution >= 0.6 is 0 Å². The molecule has 0 N–H and O–H groups in total. The van der Waals surface area contributed by atoms with Crippen LogP contribution in [0.2, 0.25) is 0 Å². The second kappa shape index (κ2) is 3.40. The highest BCUT2D eigenvalue weighted by molar-refractivity contribution is 5.74. The van der Waals surface area contributed by atoms with Crippen molar-refractivity contribution >= 4 is 11.0 Å². The van der Waals surface area contributed by atoms with Gasteiger partial charge in [-0.1, -0.05) is 13.8 Å². The van der Waals surface area contributed by atoms with Crippen LogP contribution in [0.5, 0.6) is 0 Å². The molecule has 0 aliphatic carbocycles. The minimum atomic E-state index is 0.640. The Balaban J connectivity index is 2.50. The molecule has 0 unspecified atom stereocenters. The van der Waals surface area contributed by atoms with E-state index in [0.29, 0.717) is 5.92 Å². The number of fused-ring (bicyclic) bond motifs is 1. The average Bonchev–Trinajstić information content (AvgIpc) is 2.47. The van der Waals surface area contributed by atoms with Gasteiger partial charge in [-0.2, -0.15) is 0 Å². The summed E-state index contributed by atoms with van der Waals surface area (Å²) in [5.74, 6) is 0.640. The first-order chi connectivity index (χ1) is 6.66. The molecule has 0 radical (unpaired) electrons. The molecule has 0 amide bonds. The van der Waals surface area contributed by atoms with Crippen LogP contribution in [0.3, 0.4) is 0 Å². The zero-order chi connectivity index (χ0) is 10.1. The zero-order valence-corrected chi connectivity index (χ0v) is 8.86. The number of nitrogens with zero attached hydrogens (tertiary/aromatic N) is 3. The maximum atomic E-state index is 4.31. The third kappa shape index (κ3) is 1.62. The molecular weight excluding hydrogens is 174 g/mol. The topological polar surface area (TPSA) is 30.7 Å². The summed E-state index contributed by atoms with van der Waals surface area (Å²) >= 11 is 0. The predicted octanol–water partition coefficient (Wildman–Crippen LogP) is 2.40. The van der Waals surface area contributed by atoms with E-state index in [4.69, 9.17) is 0 Å². The van der Waals surface area contributed by atoms with Crippen LogP contribution in [0.25, 0.3) is 11.0 Å². The molecule has 0 aliphatic heterocycles. The number of pyridine rings is 1. The Bertz CT molecular complexity index is 443. The van der Waals surface area contributed by atoms with E-state index in [1.807, 2.05) is 19.4 Å². The molecule has 0 aliphatic rings. The van der Waals surface area contributed by atoms with Crippen molar-refractivity contribution < 1.29 is 0 Å². The van der Waals surface area contributed by atoms with Crippen LogP contribution in [-0.2, 0) is 6.54 Å². The van der Waals surface area contributed by atoms with Gasteiger partial charge in [0.25, 0.3) is 0 Å². The molecule has 3 heteroatoms. The molecule has 0 atom stereocenters. The van der Waals surface area contributed by atoms with Gasteiger partial charge in [-0.05, 0) is 18.9 Å². The Hall–Kier alpha value is -1.38. The molecule has 74 valence electrons. The number of rotatable bonds is 2. The van der Waals surface area contributed by atoms with Gasteiger partial charge in [-0.3, -0.25) is 4.98 Å². The summed E-state index contributed by atoms with van der Waals surface area (Å²) in [4.78, 5) is 8.54. The van der Waals surface area contributed by atoms with Gasteiger partial charge >= 0.3 is 0 Å². The van der Waals surface area contributed by atoms with E-state index in [1.54, 1.807) is 0 Å². The highest BCUT2D eigenvalue weighted by atomic mass is 15.0. The van der Waals surface area contributed by atoms with E-state index >= 15 is 0 Å². The molecule has 0 saturated carbocycles. The third-order valence-corrected chi connectivity index (χ3v) is 2.21. The minimum absolute atomic E-state index is 0.640. The Labute approximate surface area is 83.8 Å². The molecule has 0 aromatic carbocycles. The van der Waals surface area contributed by atoms with Crippen molar-refractivity contribution in [2.45, 2.75) is 27.3 Å². The summed E-state index contributed by atoms with van der Waals surface area (Å²) in [6, 6.07) is 2.09. The molecule has 2 aromatic heterocycles. The van der Waals surface area contributed by atoms with Gasteiger partial charge in [0.1, 0.15) is 5.52 Å². The quantitative estimate of drug-likeness (QED) is 0.726. The van der Waals surface area contributed by atoms with Crippen LogP contribution in [0, 0.1) is 12.8 Å². The highest BCUT2D eigenvalue weighted by Gasteiger charge is 2.04. The van der Waals surface area contributed by atoms with Crippen LogP contribution < -0.4 is 0 Å². The first kappa shape index (κ1) is 9.19. The first-order valence-electron chi connectivity index (χ1n) is 4.94. The van der Waals surface area contributed by atoms with Crippen molar-refractivity contribution in [3.05, 3.63) is 24.3 Å². The lowest BCUT2D eigenvalue weighted by Gasteiger charge is -2.06. The zero-order valence-electron chi connectivity index (χ0n) is 8.86. The minimum Gasteiger partial charge on any atom is -0.330 e. The average molecular weight is 189 g/mol. The monoisotopic (exact) mass is 189 g/mol. The second-order valence-electron chi connectivity index (χ2n) is 4.11. The Kier molecular flexibility index (Phi) is 2.23. The van der Waals surface area contributed by atoms with E-state index in [-0.39, 0.29) is 0 Å². The van der Waals surface area contributed by atoms with E-state index in [9.17, 15) is 0 Å². The number of aromatic nitrogens is 3. The van der Waals surface area contributed by atoms with Gasteiger partial charge in [0.15, 0.2) is 0 Å². The van der Waals surface area contributed by atoms with E-state index < -0.39 is 0 Å². The predicted molar refractivity (Wildman–Crippen MR) is 57.1 cm³/mol. The molecule has 0 saturated heterocycles. The fourth-order valence-electron chi connectivity index (χ4n) is 1.60. The second-order valence-corrected chi connectivity index (χ2v) is 4.11. The summed E-state index contributed by atoms with van der Waals surface area (Å²) in [5.41, 5.74) is 3.21. The largest absolute Gasteiger partial charge is 0.330 e. The van der Waals surface area contributed by atoms with E-state index in [0.717, 1.165) is 17.8 Å². The highest BCUT2D eigenvalue weighted by Crippen LogP contribution is 2.13. The Morgan fingerprint density at radius 3 is 2.86 bits per heavy atom. The number of aryl methyl sites for hydroxylation is 1. The summed E-state index contributed by atoms with van der Waals surface area (Å²) < 4.78 is 2.19. The fourth-order valence-corrected chi connectivity index (χ4v) is 1.60. The van der Waals surface area contributed by atoms with Crippen molar-refractivity contribution in [2.24, 2.45) is 5.92 Å². The number of hydrogen-bond donors (Lipinski definition) is 0. The number of imidazole rings is 1. The van der Waals surface area contributed by atoms with Crippen molar-refractivity contribution in [1.29, 1.82) is 0 Å². The fraction of sp³-hybridized carbons (Fsp3) is 0.455. The van der Waals surface area contributed by atoms with Gasteiger partial charge in [0.05, 0.1) is 18.0 Å². The molecular formula is C11H15N3. The molecule has 2 heterocycles. The molecule has 0 fully saturated rings. The molecule has 2 aromatic rings. The molecule has 0 bridgehead atoms. The normalized spacial score (nSPS) is 11.4. The van der Waals surface area contributed by atoms with E-state index in [2.05, 4.69) is 34.4 Å². The van der Waals surface area contributed by atoms with Gasteiger partial charge in [0.2, 0.25) is 0 Å². The summed E-state index contributed by atoms with van der Waals surface area (Å²) in [7, 11) is 0. The molecule has 14 heavy (non-hydrogen) atoms. The third-order valence-electron chi connectivity index (χ3n) is 2.21. The Morgan fingerprint density at radius 2 is 2.14 bits per heavy atom. The van der Waals surface area contributed by atoms with Crippen molar-refractivity contribution in [3.63, 3.8) is 0 Å².